The fourth-order valence-electron chi connectivity index (χ4n) is 3.32. The molecule has 2 aliphatic heterocycles. The lowest BCUT2D eigenvalue weighted by atomic mass is 10.3. The zero-order valence-corrected chi connectivity index (χ0v) is 15.2. The summed E-state index contributed by atoms with van der Waals surface area (Å²) >= 11 is 6.06. The van der Waals surface area contributed by atoms with Crippen molar-refractivity contribution in [2.75, 3.05) is 57.7 Å². The summed E-state index contributed by atoms with van der Waals surface area (Å²) in [5.74, 6) is 0.178. The normalized spacial score (nSPS) is 19.2. The number of hydrogen-bond donors (Lipinski definition) is 1. The van der Waals surface area contributed by atoms with Gasteiger partial charge in [0.15, 0.2) is 0 Å². The molecule has 1 N–H and O–H groups in total. The van der Waals surface area contributed by atoms with Gasteiger partial charge in [0.1, 0.15) is 0 Å². The Morgan fingerprint density at radius 3 is 2.16 bits per heavy atom. The first-order valence-electron chi connectivity index (χ1n) is 8.89. The second-order valence-electron chi connectivity index (χ2n) is 6.67. The summed E-state index contributed by atoms with van der Waals surface area (Å²) in [5, 5.41) is 3.39. The minimum Gasteiger partial charge on any atom is -0.342 e. The molecule has 0 aromatic heterocycles. The minimum atomic E-state index is -0.0605. The van der Waals surface area contributed by atoms with E-state index >= 15 is 0 Å². The first kappa shape index (κ1) is 18.2. The van der Waals surface area contributed by atoms with Gasteiger partial charge in [-0.15, -0.1) is 0 Å². The zero-order chi connectivity index (χ0) is 17.6. The Labute approximate surface area is 153 Å². The number of halogens is 1. The van der Waals surface area contributed by atoms with Crippen molar-refractivity contribution in [1.82, 2.24) is 14.7 Å². The lowest BCUT2D eigenvalue weighted by Gasteiger charge is -2.34. The van der Waals surface area contributed by atoms with Crippen LogP contribution in [-0.4, -0.2) is 78.9 Å². The molecule has 0 radical (unpaired) electrons. The van der Waals surface area contributed by atoms with Crippen molar-refractivity contribution in [2.24, 2.45) is 0 Å². The second kappa shape index (κ2) is 8.65. The fraction of sp³-hybridized carbons (Fsp3) is 0.556. The van der Waals surface area contributed by atoms with Crippen LogP contribution < -0.4 is 5.32 Å². The van der Waals surface area contributed by atoms with Crippen LogP contribution >= 0.6 is 11.6 Å². The zero-order valence-electron chi connectivity index (χ0n) is 14.4. The summed E-state index contributed by atoms with van der Waals surface area (Å²) in [6.07, 6.45) is 2.25. The van der Waals surface area contributed by atoms with Gasteiger partial charge in [-0.1, -0.05) is 23.7 Å². The number of anilines is 1. The molecule has 1 aromatic rings. The Bertz CT molecular complexity index is 611. The average Bonchev–Trinajstić information content (AvgIpc) is 3.13. The van der Waals surface area contributed by atoms with Gasteiger partial charge >= 0.3 is 0 Å². The maximum atomic E-state index is 12.2. The molecule has 0 saturated carbocycles. The number of amides is 2. The summed E-state index contributed by atoms with van der Waals surface area (Å²) in [4.78, 5) is 30.6. The number of likely N-dealkylation sites (tertiary alicyclic amines) is 1. The van der Waals surface area contributed by atoms with Crippen LogP contribution in [0.4, 0.5) is 5.69 Å². The molecule has 2 aliphatic rings. The molecule has 25 heavy (non-hydrogen) atoms. The molecule has 0 aliphatic carbocycles. The van der Waals surface area contributed by atoms with E-state index in [0.717, 1.165) is 52.1 Å². The van der Waals surface area contributed by atoms with E-state index in [9.17, 15) is 9.59 Å². The van der Waals surface area contributed by atoms with Crippen molar-refractivity contribution in [2.45, 2.75) is 12.8 Å². The molecular formula is C18H25ClN4O2. The highest BCUT2D eigenvalue weighted by Crippen LogP contribution is 2.20. The Kier molecular flexibility index (Phi) is 6.29. The molecular weight excluding hydrogens is 340 g/mol. The van der Waals surface area contributed by atoms with Crippen molar-refractivity contribution >= 4 is 29.1 Å². The minimum absolute atomic E-state index is 0.0605. The summed E-state index contributed by atoms with van der Waals surface area (Å²) in [7, 11) is 0. The second-order valence-corrected chi connectivity index (χ2v) is 7.08. The highest BCUT2D eigenvalue weighted by atomic mass is 35.5. The van der Waals surface area contributed by atoms with Gasteiger partial charge in [-0.2, -0.15) is 0 Å². The van der Waals surface area contributed by atoms with Crippen LogP contribution in [0.15, 0.2) is 24.3 Å². The molecule has 2 amide bonds. The van der Waals surface area contributed by atoms with E-state index in [-0.39, 0.29) is 11.8 Å². The molecule has 136 valence electrons. The Balaban J connectivity index is 1.39. The molecule has 0 atom stereocenters. The van der Waals surface area contributed by atoms with Crippen LogP contribution in [0.1, 0.15) is 12.8 Å². The SMILES string of the molecule is O=C(CN1CCN(CC(=O)N2CCCC2)CC1)Nc1ccccc1Cl. The van der Waals surface area contributed by atoms with E-state index in [1.165, 1.54) is 0 Å². The summed E-state index contributed by atoms with van der Waals surface area (Å²) in [6, 6.07) is 7.23. The number of hydrogen-bond acceptors (Lipinski definition) is 4. The molecule has 2 saturated heterocycles. The largest absolute Gasteiger partial charge is 0.342 e. The van der Waals surface area contributed by atoms with E-state index in [4.69, 9.17) is 11.6 Å². The smallest absolute Gasteiger partial charge is 0.238 e. The standard InChI is InChI=1S/C18H25ClN4O2/c19-15-5-1-2-6-16(15)20-17(24)13-21-9-11-22(12-10-21)14-18(25)23-7-3-4-8-23/h1-2,5-6H,3-4,7-14H2,(H,20,24). The third-order valence-electron chi connectivity index (χ3n) is 4.80. The third-order valence-corrected chi connectivity index (χ3v) is 5.13. The van der Waals surface area contributed by atoms with E-state index in [1.807, 2.05) is 17.0 Å². The first-order chi connectivity index (χ1) is 12.1. The number of piperazine rings is 1. The van der Waals surface area contributed by atoms with Gasteiger partial charge in [0, 0.05) is 39.3 Å². The van der Waals surface area contributed by atoms with Crippen molar-refractivity contribution in [3.05, 3.63) is 29.3 Å². The third kappa shape index (κ3) is 5.17. The maximum absolute atomic E-state index is 12.2. The maximum Gasteiger partial charge on any atom is 0.238 e. The summed E-state index contributed by atoms with van der Waals surface area (Å²) in [6.45, 7) is 5.88. The van der Waals surface area contributed by atoms with E-state index in [0.29, 0.717) is 23.8 Å². The van der Waals surface area contributed by atoms with Gasteiger partial charge in [-0.05, 0) is 25.0 Å². The Hall–Kier alpha value is -1.63. The van der Waals surface area contributed by atoms with Gasteiger partial charge in [-0.3, -0.25) is 19.4 Å². The van der Waals surface area contributed by atoms with Crippen LogP contribution in [0.25, 0.3) is 0 Å². The number of para-hydroxylation sites is 1. The van der Waals surface area contributed by atoms with Gasteiger partial charge < -0.3 is 10.2 Å². The van der Waals surface area contributed by atoms with Gasteiger partial charge in [0.05, 0.1) is 23.8 Å². The van der Waals surface area contributed by atoms with Gasteiger partial charge in [-0.25, -0.2) is 0 Å². The van der Waals surface area contributed by atoms with Crippen molar-refractivity contribution in [3.8, 4) is 0 Å². The lowest BCUT2D eigenvalue weighted by molar-refractivity contribution is -0.132. The molecule has 1 aromatic carbocycles. The van der Waals surface area contributed by atoms with Crippen LogP contribution in [-0.2, 0) is 9.59 Å². The van der Waals surface area contributed by atoms with Crippen molar-refractivity contribution < 1.29 is 9.59 Å². The molecule has 0 unspecified atom stereocenters. The van der Waals surface area contributed by atoms with Crippen molar-refractivity contribution in [1.29, 1.82) is 0 Å². The highest BCUT2D eigenvalue weighted by Gasteiger charge is 2.24. The first-order valence-corrected chi connectivity index (χ1v) is 9.26. The summed E-state index contributed by atoms with van der Waals surface area (Å²) in [5.41, 5.74) is 0.643. The average molecular weight is 365 g/mol. The highest BCUT2D eigenvalue weighted by molar-refractivity contribution is 6.33. The molecule has 0 bridgehead atoms. The topological polar surface area (TPSA) is 55.9 Å². The van der Waals surface area contributed by atoms with Crippen LogP contribution in [0.3, 0.4) is 0 Å². The number of benzene rings is 1. The molecule has 6 nitrogen and oxygen atoms in total. The number of rotatable bonds is 5. The van der Waals surface area contributed by atoms with Crippen LogP contribution in [0.5, 0.6) is 0 Å². The molecule has 2 fully saturated rings. The monoisotopic (exact) mass is 364 g/mol. The van der Waals surface area contributed by atoms with Gasteiger partial charge in [0.25, 0.3) is 0 Å². The van der Waals surface area contributed by atoms with E-state index in [2.05, 4.69) is 15.1 Å². The van der Waals surface area contributed by atoms with Gasteiger partial charge in [0.2, 0.25) is 11.8 Å². The van der Waals surface area contributed by atoms with Crippen LogP contribution in [0, 0.1) is 0 Å². The number of carbonyl (C=O) groups is 2. The Morgan fingerprint density at radius 1 is 0.920 bits per heavy atom. The van der Waals surface area contributed by atoms with E-state index in [1.54, 1.807) is 12.1 Å². The predicted octanol–water partition coefficient (Wildman–Crippen LogP) is 1.52. The molecule has 7 heteroatoms. The number of nitrogens with zero attached hydrogens (tertiary/aromatic N) is 3. The molecule has 2 heterocycles. The lowest BCUT2D eigenvalue weighted by Crippen LogP contribution is -2.51. The Morgan fingerprint density at radius 2 is 1.52 bits per heavy atom. The van der Waals surface area contributed by atoms with Crippen LogP contribution in [0.2, 0.25) is 5.02 Å². The molecule has 3 rings (SSSR count). The number of nitrogens with one attached hydrogen (secondary N) is 1. The predicted molar refractivity (Wildman–Crippen MR) is 98.8 cm³/mol. The van der Waals surface area contributed by atoms with E-state index < -0.39 is 0 Å². The quantitative estimate of drug-likeness (QED) is 0.860. The summed E-state index contributed by atoms with van der Waals surface area (Å²) < 4.78 is 0. The van der Waals surface area contributed by atoms with Crippen molar-refractivity contribution in [3.63, 3.8) is 0 Å². The fourth-order valence-corrected chi connectivity index (χ4v) is 3.50. The molecule has 0 spiro atoms. The number of carbonyl (C=O) groups excluding carboxylic acids is 2.